The second kappa shape index (κ2) is 13.9. The molecule has 1 aliphatic heterocycles. The first kappa shape index (κ1) is 30.3. The lowest BCUT2D eigenvalue weighted by molar-refractivity contribution is -0.117. The highest BCUT2D eigenvalue weighted by Gasteiger charge is 2.21. The highest BCUT2D eigenvalue weighted by molar-refractivity contribution is 6.31. The maximum Gasteiger partial charge on any atom is 0.411 e. The van der Waals surface area contributed by atoms with Crippen LogP contribution in [-0.4, -0.2) is 55.4 Å². The van der Waals surface area contributed by atoms with Gasteiger partial charge in [-0.25, -0.2) is 4.79 Å². The SMILES string of the molecule is COC(=O)Nc1ccc2c(c1)NC(=O)CC/C=C\CC(NC(=O)/C=C/c1cc(Cl)ccc1-n1cnnn1)c1cc-2nnc1Cl. The fraction of sp³-hybridized carbons (Fsp3) is 0.172. The summed E-state index contributed by atoms with van der Waals surface area (Å²) < 4.78 is 6.13. The summed E-state index contributed by atoms with van der Waals surface area (Å²) in [6, 6.07) is 11.2. The van der Waals surface area contributed by atoms with Gasteiger partial charge < -0.3 is 15.4 Å². The highest BCUT2D eigenvalue weighted by Crippen LogP contribution is 2.34. The molecule has 1 atom stereocenters. The van der Waals surface area contributed by atoms with Crippen LogP contribution >= 0.6 is 23.2 Å². The Morgan fingerprint density at radius 1 is 1.11 bits per heavy atom. The van der Waals surface area contributed by atoms with Gasteiger partial charge in [-0.2, -0.15) is 4.68 Å². The van der Waals surface area contributed by atoms with E-state index in [0.717, 1.165) is 0 Å². The molecule has 0 saturated heterocycles. The second-order valence-corrected chi connectivity index (χ2v) is 10.3. The number of aromatic nitrogens is 6. The van der Waals surface area contributed by atoms with Crippen molar-refractivity contribution < 1.29 is 19.1 Å². The molecule has 13 nitrogen and oxygen atoms in total. The topological polar surface area (TPSA) is 166 Å². The average Bonchev–Trinajstić information content (AvgIpc) is 3.54. The molecular formula is C29H25Cl2N9O4. The molecule has 3 amide bonds. The van der Waals surface area contributed by atoms with Gasteiger partial charge in [0, 0.05) is 39.9 Å². The molecule has 2 bridgehead atoms. The average molecular weight is 634 g/mol. The summed E-state index contributed by atoms with van der Waals surface area (Å²) in [7, 11) is 1.25. The van der Waals surface area contributed by atoms with Gasteiger partial charge in [-0.1, -0.05) is 35.4 Å². The molecule has 1 unspecified atom stereocenters. The Balaban J connectivity index is 1.47. The summed E-state index contributed by atoms with van der Waals surface area (Å²) in [4.78, 5) is 37.7. The van der Waals surface area contributed by atoms with E-state index in [4.69, 9.17) is 23.2 Å². The predicted molar refractivity (Wildman–Crippen MR) is 164 cm³/mol. The van der Waals surface area contributed by atoms with Crippen LogP contribution in [0.5, 0.6) is 0 Å². The molecular weight excluding hydrogens is 609 g/mol. The van der Waals surface area contributed by atoms with Gasteiger partial charge in [-0.15, -0.1) is 15.3 Å². The predicted octanol–water partition coefficient (Wildman–Crippen LogP) is 5.15. The maximum atomic E-state index is 13.2. The summed E-state index contributed by atoms with van der Waals surface area (Å²) in [5.74, 6) is -0.634. The van der Waals surface area contributed by atoms with E-state index in [9.17, 15) is 14.4 Å². The van der Waals surface area contributed by atoms with Crippen molar-refractivity contribution in [3.8, 4) is 16.9 Å². The van der Waals surface area contributed by atoms with Gasteiger partial charge in [0.1, 0.15) is 6.33 Å². The van der Waals surface area contributed by atoms with Gasteiger partial charge in [0.05, 0.1) is 30.2 Å². The number of anilines is 2. The fourth-order valence-electron chi connectivity index (χ4n) is 4.45. The fourth-order valence-corrected chi connectivity index (χ4v) is 4.85. The third kappa shape index (κ3) is 7.43. The number of methoxy groups -OCH3 is 1. The first-order valence-corrected chi connectivity index (χ1v) is 14.0. The number of benzene rings is 2. The van der Waals surface area contributed by atoms with Crippen molar-refractivity contribution in [2.24, 2.45) is 0 Å². The quantitative estimate of drug-likeness (QED) is 0.199. The van der Waals surface area contributed by atoms with Crippen LogP contribution in [0, 0.1) is 0 Å². The first-order valence-electron chi connectivity index (χ1n) is 13.3. The first-order chi connectivity index (χ1) is 21.3. The number of nitrogens with zero attached hydrogens (tertiary/aromatic N) is 6. The van der Waals surface area contributed by atoms with E-state index in [1.165, 1.54) is 24.2 Å². The number of ether oxygens (including phenoxy) is 1. The van der Waals surface area contributed by atoms with Crippen LogP contribution in [0.25, 0.3) is 23.0 Å². The van der Waals surface area contributed by atoms with E-state index in [2.05, 4.69) is 46.4 Å². The summed E-state index contributed by atoms with van der Waals surface area (Å²) in [5.41, 5.74) is 3.51. The van der Waals surface area contributed by atoms with Crippen LogP contribution in [0.1, 0.15) is 36.4 Å². The number of hydrogen-bond acceptors (Lipinski definition) is 9. The van der Waals surface area contributed by atoms with Crippen molar-refractivity contribution in [2.45, 2.75) is 25.3 Å². The van der Waals surface area contributed by atoms with Crippen LogP contribution < -0.4 is 16.0 Å². The Morgan fingerprint density at radius 3 is 2.77 bits per heavy atom. The number of fused-ring (bicyclic) bond motifs is 4. The zero-order valence-electron chi connectivity index (χ0n) is 23.2. The molecule has 3 heterocycles. The largest absolute Gasteiger partial charge is 0.453 e. The van der Waals surface area contributed by atoms with Crippen molar-refractivity contribution in [2.75, 3.05) is 17.7 Å². The summed E-state index contributed by atoms with van der Waals surface area (Å²) >= 11 is 12.7. The molecule has 4 aromatic rings. The van der Waals surface area contributed by atoms with Gasteiger partial charge >= 0.3 is 6.09 Å². The van der Waals surface area contributed by atoms with Crippen molar-refractivity contribution in [1.29, 1.82) is 0 Å². The minimum atomic E-state index is -0.658. The van der Waals surface area contributed by atoms with Crippen LogP contribution in [0.2, 0.25) is 10.2 Å². The standard InChI is InChI=1S/C29H25Cl2N9O4/c1-44-29(43)33-19-9-10-20-23(14-19)35-26(41)6-4-2-3-5-22(21-15-24(20)36-37-28(21)31)34-27(42)12-7-17-13-18(30)8-11-25(17)40-16-32-38-39-40/h2-3,7-16,22H,4-6H2,1H3,(H,33,43)(H,34,42)(H,35,41)/b3-2-,12-7+. The van der Waals surface area contributed by atoms with E-state index in [-0.39, 0.29) is 17.5 Å². The van der Waals surface area contributed by atoms with Crippen molar-refractivity contribution in [1.82, 2.24) is 35.7 Å². The number of amides is 3. The molecule has 0 radical (unpaired) electrons. The molecule has 0 spiro atoms. The normalized spacial score (nSPS) is 15.6. The number of nitrogens with one attached hydrogen (secondary N) is 3. The monoisotopic (exact) mass is 633 g/mol. The lowest BCUT2D eigenvalue weighted by Crippen LogP contribution is -2.27. The van der Waals surface area contributed by atoms with E-state index in [0.29, 0.717) is 57.3 Å². The Hall–Kier alpha value is -5.14. The van der Waals surface area contributed by atoms with Gasteiger partial charge in [0.15, 0.2) is 5.15 Å². The van der Waals surface area contributed by atoms with Crippen molar-refractivity contribution in [3.63, 3.8) is 0 Å². The second-order valence-electron chi connectivity index (χ2n) is 9.50. The smallest absolute Gasteiger partial charge is 0.411 e. The number of hydrogen-bond donors (Lipinski definition) is 3. The third-order valence-electron chi connectivity index (χ3n) is 6.55. The lowest BCUT2D eigenvalue weighted by Gasteiger charge is -2.19. The van der Waals surface area contributed by atoms with Crippen LogP contribution in [0.3, 0.4) is 0 Å². The number of halogens is 2. The van der Waals surface area contributed by atoms with Gasteiger partial charge in [-0.3, -0.25) is 14.9 Å². The molecule has 2 aromatic carbocycles. The zero-order chi connectivity index (χ0) is 31.1. The molecule has 44 heavy (non-hydrogen) atoms. The summed E-state index contributed by atoms with van der Waals surface area (Å²) in [5, 5.41) is 28.7. The minimum absolute atomic E-state index is 0.108. The van der Waals surface area contributed by atoms with Gasteiger partial charge in [-0.05, 0) is 71.8 Å². The number of rotatable bonds is 5. The molecule has 224 valence electrons. The molecule has 0 aliphatic carbocycles. The van der Waals surface area contributed by atoms with Crippen molar-refractivity contribution in [3.05, 3.63) is 88.3 Å². The van der Waals surface area contributed by atoms with Crippen LogP contribution in [0.15, 0.2) is 67.0 Å². The minimum Gasteiger partial charge on any atom is -0.453 e. The van der Waals surface area contributed by atoms with Crippen molar-refractivity contribution >= 4 is 58.6 Å². The van der Waals surface area contributed by atoms with E-state index in [1.54, 1.807) is 48.5 Å². The molecule has 0 fully saturated rings. The Morgan fingerprint density at radius 2 is 1.98 bits per heavy atom. The Bertz CT molecular complexity index is 1760. The molecule has 5 rings (SSSR count). The number of carbonyl (C=O) groups is 3. The Labute approximate surface area is 261 Å². The molecule has 15 heteroatoms. The molecule has 3 N–H and O–H groups in total. The lowest BCUT2D eigenvalue weighted by atomic mass is 10.0. The van der Waals surface area contributed by atoms with Gasteiger partial charge in [0.2, 0.25) is 11.8 Å². The number of allylic oxidation sites excluding steroid dienone is 1. The highest BCUT2D eigenvalue weighted by atomic mass is 35.5. The number of tetrazole rings is 1. The van der Waals surface area contributed by atoms with Crippen LogP contribution in [0.4, 0.5) is 16.2 Å². The molecule has 2 aromatic heterocycles. The van der Waals surface area contributed by atoms with E-state index in [1.807, 2.05) is 12.2 Å². The molecule has 1 aliphatic rings. The summed E-state index contributed by atoms with van der Waals surface area (Å²) in [6.07, 6.45) is 8.53. The maximum absolute atomic E-state index is 13.2. The van der Waals surface area contributed by atoms with Gasteiger partial charge in [0.25, 0.3) is 0 Å². The Kier molecular flexibility index (Phi) is 9.57. The van der Waals surface area contributed by atoms with E-state index >= 15 is 0 Å². The van der Waals surface area contributed by atoms with Crippen LogP contribution in [-0.2, 0) is 14.3 Å². The third-order valence-corrected chi connectivity index (χ3v) is 7.07. The number of carbonyl (C=O) groups excluding carboxylic acids is 3. The zero-order valence-corrected chi connectivity index (χ0v) is 24.7. The van der Waals surface area contributed by atoms with E-state index < -0.39 is 18.0 Å². The molecule has 0 saturated carbocycles. The summed E-state index contributed by atoms with van der Waals surface area (Å²) in [6.45, 7) is 0.